The molecule has 0 saturated heterocycles. The molecule has 7 heteroatoms. The third-order valence-corrected chi connectivity index (χ3v) is 3.33. The van der Waals surface area contributed by atoms with Gasteiger partial charge in [0.15, 0.2) is 0 Å². The Morgan fingerprint density at radius 1 is 1.08 bits per heavy atom. The van der Waals surface area contributed by atoms with Crippen molar-refractivity contribution in [1.29, 1.82) is 0 Å². The molecule has 2 rings (SSSR count). The fraction of sp³-hybridized carbons (Fsp3) is 0.278. The molecule has 0 aliphatic rings. The summed E-state index contributed by atoms with van der Waals surface area (Å²) in [5.41, 5.74) is -0.123. The van der Waals surface area contributed by atoms with Crippen molar-refractivity contribution in [3.8, 4) is 5.75 Å². The van der Waals surface area contributed by atoms with Gasteiger partial charge in [0.1, 0.15) is 12.4 Å². The lowest BCUT2D eigenvalue weighted by Gasteiger charge is -2.15. The number of nitrogens with one attached hydrogen (secondary N) is 1. The van der Waals surface area contributed by atoms with Gasteiger partial charge in [-0.1, -0.05) is 30.3 Å². The highest BCUT2D eigenvalue weighted by Gasteiger charge is 2.31. The van der Waals surface area contributed by atoms with Crippen molar-refractivity contribution in [3.63, 3.8) is 0 Å². The second-order valence-corrected chi connectivity index (χ2v) is 5.26. The molecule has 134 valence electrons. The summed E-state index contributed by atoms with van der Waals surface area (Å²) in [4.78, 5) is 12.2. The van der Waals surface area contributed by atoms with Crippen molar-refractivity contribution in [1.82, 2.24) is 0 Å². The van der Waals surface area contributed by atoms with E-state index in [2.05, 4.69) is 5.32 Å². The van der Waals surface area contributed by atoms with Crippen LogP contribution in [0.4, 0.5) is 18.9 Å². The smallest absolute Gasteiger partial charge is 0.416 e. The number of ether oxygens (including phenoxy) is 2. The molecule has 0 saturated carbocycles. The Hall–Kier alpha value is -2.54. The quantitative estimate of drug-likeness (QED) is 0.768. The van der Waals surface area contributed by atoms with Crippen molar-refractivity contribution >= 4 is 11.6 Å². The van der Waals surface area contributed by atoms with E-state index in [0.717, 1.165) is 17.7 Å². The minimum Gasteiger partial charge on any atom is -0.489 e. The summed E-state index contributed by atoms with van der Waals surface area (Å²) in [5, 5.41) is 2.49. The number of benzene rings is 2. The second kappa shape index (κ2) is 8.53. The Bertz CT molecular complexity index is 702. The van der Waals surface area contributed by atoms with Gasteiger partial charge in [-0.2, -0.15) is 13.2 Å². The summed E-state index contributed by atoms with van der Waals surface area (Å²) in [6, 6.07) is 11.9. The highest BCUT2D eigenvalue weighted by Crippen LogP contribution is 2.35. The third-order valence-electron chi connectivity index (χ3n) is 3.33. The lowest BCUT2D eigenvalue weighted by molar-refractivity contribution is -0.137. The molecule has 2 aromatic carbocycles. The minimum atomic E-state index is -4.51. The summed E-state index contributed by atoms with van der Waals surface area (Å²) in [5.74, 6) is -0.270. The number of halogens is 3. The fourth-order valence-electron chi connectivity index (χ4n) is 2.14. The number of methoxy groups -OCH3 is 1. The van der Waals surface area contributed by atoms with Crippen molar-refractivity contribution in [3.05, 3.63) is 59.7 Å². The lowest BCUT2D eigenvalue weighted by Crippen LogP contribution is -2.17. The molecule has 4 nitrogen and oxygen atoms in total. The number of amides is 1. The topological polar surface area (TPSA) is 47.6 Å². The summed E-state index contributed by atoms with van der Waals surface area (Å²) in [6.45, 7) is 0.432. The standard InChI is InChI=1S/C18H18F3NO3/c1-24-9-10-25-16-8-7-14(18(19,20)21)12-15(16)22-17(23)11-13-5-3-2-4-6-13/h2-8,12H,9-11H2,1H3,(H,22,23). The number of carbonyl (C=O) groups excluding carboxylic acids is 1. The Morgan fingerprint density at radius 2 is 1.80 bits per heavy atom. The van der Waals surface area contributed by atoms with E-state index in [1.807, 2.05) is 6.07 Å². The summed E-state index contributed by atoms with van der Waals surface area (Å²) in [7, 11) is 1.48. The van der Waals surface area contributed by atoms with Crippen LogP contribution >= 0.6 is 0 Å². The first kappa shape index (κ1) is 18.8. The van der Waals surface area contributed by atoms with E-state index < -0.39 is 17.6 Å². The number of rotatable bonds is 7. The maximum atomic E-state index is 12.9. The van der Waals surface area contributed by atoms with Gasteiger partial charge in [0.2, 0.25) is 5.91 Å². The van der Waals surface area contributed by atoms with Crippen molar-refractivity contribution in [2.45, 2.75) is 12.6 Å². The normalized spacial score (nSPS) is 11.2. The van der Waals surface area contributed by atoms with E-state index >= 15 is 0 Å². The van der Waals surface area contributed by atoms with Gasteiger partial charge in [0.25, 0.3) is 0 Å². The highest BCUT2D eigenvalue weighted by molar-refractivity contribution is 5.93. The number of alkyl halides is 3. The average molecular weight is 353 g/mol. The van der Waals surface area contributed by atoms with Gasteiger partial charge in [-0.15, -0.1) is 0 Å². The number of carbonyl (C=O) groups is 1. The molecule has 0 fully saturated rings. The molecule has 0 radical (unpaired) electrons. The maximum absolute atomic E-state index is 12.9. The molecule has 2 aromatic rings. The molecule has 0 heterocycles. The van der Waals surface area contributed by atoms with E-state index in [1.54, 1.807) is 24.3 Å². The van der Waals surface area contributed by atoms with Crippen LogP contribution in [0.5, 0.6) is 5.75 Å². The summed E-state index contributed by atoms with van der Waals surface area (Å²) in [6.07, 6.45) is -4.46. The SMILES string of the molecule is COCCOc1ccc(C(F)(F)F)cc1NC(=O)Cc1ccccc1. The molecule has 0 aromatic heterocycles. The first-order valence-corrected chi connectivity index (χ1v) is 7.57. The van der Waals surface area contributed by atoms with Gasteiger partial charge in [0.05, 0.1) is 24.3 Å². The molecule has 0 bridgehead atoms. The van der Waals surface area contributed by atoms with Gasteiger partial charge in [-0.05, 0) is 23.8 Å². The van der Waals surface area contributed by atoms with Crippen LogP contribution in [0.15, 0.2) is 48.5 Å². The van der Waals surface area contributed by atoms with Crippen LogP contribution in [0, 0.1) is 0 Å². The van der Waals surface area contributed by atoms with E-state index in [-0.39, 0.29) is 31.1 Å². The van der Waals surface area contributed by atoms with Crippen LogP contribution in [0.25, 0.3) is 0 Å². The molecule has 25 heavy (non-hydrogen) atoms. The van der Waals surface area contributed by atoms with Crippen LogP contribution in [0.2, 0.25) is 0 Å². The van der Waals surface area contributed by atoms with Crippen LogP contribution in [-0.4, -0.2) is 26.2 Å². The molecular formula is C18H18F3NO3. The van der Waals surface area contributed by atoms with Gasteiger partial charge in [-0.3, -0.25) is 4.79 Å². The fourth-order valence-corrected chi connectivity index (χ4v) is 2.14. The van der Waals surface area contributed by atoms with Gasteiger partial charge in [-0.25, -0.2) is 0 Å². The highest BCUT2D eigenvalue weighted by atomic mass is 19.4. The predicted molar refractivity (Wildman–Crippen MR) is 87.6 cm³/mol. The second-order valence-electron chi connectivity index (χ2n) is 5.26. The van der Waals surface area contributed by atoms with Crippen molar-refractivity contribution in [2.75, 3.05) is 25.6 Å². The van der Waals surface area contributed by atoms with E-state index in [1.165, 1.54) is 13.2 Å². The Kier molecular flexibility index (Phi) is 6.41. The average Bonchev–Trinajstić information content (AvgIpc) is 2.56. The number of hydrogen-bond acceptors (Lipinski definition) is 3. The predicted octanol–water partition coefficient (Wildman–Crippen LogP) is 3.91. The van der Waals surface area contributed by atoms with Crippen molar-refractivity contribution < 1.29 is 27.4 Å². The Balaban J connectivity index is 2.17. The van der Waals surface area contributed by atoms with E-state index in [4.69, 9.17) is 9.47 Å². The monoisotopic (exact) mass is 353 g/mol. The van der Waals surface area contributed by atoms with Crippen molar-refractivity contribution in [2.24, 2.45) is 0 Å². The summed E-state index contributed by atoms with van der Waals surface area (Å²) >= 11 is 0. The third kappa shape index (κ3) is 5.79. The first-order chi connectivity index (χ1) is 11.9. The molecular weight excluding hydrogens is 335 g/mol. The van der Waals surface area contributed by atoms with Crippen LogP contribution in [0.1, 0.15) is 11.1 Å². The molecule has 1 N–H and O–H groups in total. The van der Waals surface area contributed by atoms with Gasteiger partial charge in [0, 0.05) is 7.11 Å². The van der Waals surface area contributed by atoms with Crippen LogP contribution < -0.4 is 10.1 Å². The summed E-state index contributed by atoms with van der Waals surface area (Å²) < 4.78 is 49.0. The van der Waals surface area contributed by atoms with Crippen LogP contribution in [0.3, 0.4) is 0 Å². The molecule has 0 aliphatic carbocycles. The minimum absolute atomic E-state index is 0.0214. The first-order valence-electron chi connectivity index (χ1n) is 7.57. The molecule has 0 unspecified atom stereocenters. The lowest BCUT2D eigenvalue weighted by atomic mass is 10.1. The zero-order chi connectivity index (χ0) is 18.3. The van der Waals surface area contributed by atoms with Gasteiger partial charge >= 0.3 is 6.18 Å². The van der Waals surface area contributed by atoms with Gasteiger partial charge < -0.3 is 14.8 Å². The molecule has 0 atom stereocenters. The maximum Gasteiger partial charge on any atom is 0.416 e. The molecule has 0 aliphatic heterocycles. The number of hydrogen-bond donors (Lipinski definition) is 1. The molecule has 0 spiro atoms. The molecule has 1 amide bonds. The Morgan fingerprint density at radius 3 is 2.44 bits per heavy atom. The van der Waals surface area contributed by atoms with Crippen LogP contribution in [-0.2, 0) is 22.1 Å². The van der Waals surface area contributed by atoms with E-state index in [9.17, 15) is 18.0 Å². The zero-order valence-corrected chi connectivity index (χ0v) is 13.6. The van der Waals surface area contributed by atoms with E-state index in [0.29, 0.717) is 0 Å². The number of anilines is 1. The zero-order valence-electron chi connectivity index (χ0n) is 13.6. The Labute approximate surface area is 143 Å². The largest absolute Gasteiger partial charge is 0.489 e.